The molecule has 0 N–H and O–H groups in total. The van der Waals surface area contributed by atoms with Crippen LogP contribution in [0.4, 0.5) is 0 Å². The molecule has 1 aromatic carbocycles. The summed E-state index contributed by atoms with van der Waals surface area (Å²) in [7, 11) is 1.35. The highest BCUT2D eigenvalue weighted by Gasteiger charge is 2.54. The van der Waals surface area contributed by atoms with Gasteiger partial charge < -0.3 is 9.47 Å². The van der Waals surface area contributed by atoms with Crippen LogP contribution in [-0.4, -0.2) is 25.5 Å². The fourth-order valence-electron chi connectivity index (χ4n) is 5.58. The van der Waals surface area contributed by atoms with Gasteiger partial charge in [-0.05, 0) is 74.5 Å². The van der Waals surface area contributed by atoms with Gasteiger partial charge in [0.1, 0.15) is 12.4 Å². The van der Waals surface area contributed by atoms with Crippen LogP contribution in [0.3, 0.4) is 0 Å². The molecule has 4 saturated carbocycles. The number of Topliss-reactive ketones (excluding diaryl/α,β-unsaturated/α-hetero) is 1. The van der Waals surface area contributed by atoms with Crippen LogP contribution in [0.25, 0.3) is 0 Å². The number of methoxy groups -OCH3 is 1. The topological polar surface area (TPSA) is 52.6 Å². The summed E-state index contributed by atoms with van der Waals surface area (Å²) in [5.74, 6) is 2.67. The molecule has 0 radical (unpaired) electrons. The lowest BCUT2D eigenvalue weighted by Gasteiger charge is -2.55. The van der Waals surface area contributed by atoms with Gasteiger partial charge in [-0.2, -0.15) is 0 Å². The quantitative estimate of drug-likeness (QED) is 0.774. The second-order valence-corrected chi connectivity index (χ2v) is 7.93. The number of hydrogen-bond acceptors (Lipinski definition) is 4. The van der Waals surface area contributed by atoms with Gasteiger partial charge in [0, 0.05) is 5.41 Å². The Bertz CT molecular complexity index is 628. The van der Waals surface area contributed by atoms with Gasteiger partial charge >= 0.3 is 5.97 Å². The summed E-state index contributed by atoms with van der Waals surface area (Å²) in [5.41, 5.74) is 0.312. The lowest BCUT2D eigenvalue weighted by molar-refractivity contribution is -0.145. The molecular formula is C20H24O4. The Labute approximate surface area is 142 Å². The van der Waals surface area contributed by atoms with Crippen molar-refractivity contribution in [2.24, 2.45) is 23.2 Å². The van der Waals surface area contributed by atoms with Crippen LogP contribution in [0.2, 0.25) is 0 Å². The van der Waals surface area contributed by atoms with Crippen molar-refractivity contribution in [1.82, 2.24) is 0 Å². The molecule has 4 aliphatic carbocycles. The molecule has 0 amide bonds. The first-order chi connectivity index (χ1) is 11.6. The highest BCUT2D eigenvalue weighted by Crippen LogP contribution is 2.60. The first kappa shape index (κ1) is 15.7. The predicted octanol–water partition coefficient (Wildman–Crippen LogP) is 3.64. The van der Waals surface area contributed by atoms with Crippen molar-refractivity contribution in [2.45, 2.75) is 38.5 Å². The van der Waals surface area contributed by atoms with Crippen molar-refractivity contribution in [1.29, 1.82) is 0 Å². The first-order valence-electron chi connectivity index (χ1n) is 8.92. The van der Waals surface area contributed by atoms with E-state index in [9.17, 15) is 9.59 Å². The van der Waals surface area contributed by atoms with Crippen LogP contribution >= 0.6 is 0 Å². The minimum atomic E-state index is -0.395. The normalized spacial score (nSPS) is 33.3. The summed E-state index contributed by atoms with van der Waals surface area (Å²) < 4.78 is 10.5. The lowest BCUT2D eigenvalue weighted by atomic mass is 9.48. The number of carbonyl (C=O) groups excluding carboxylic acids is 2. The second-order valence-electron chi connectivity index (χ2n) is 7.93. The van der Waals surface area contributed by atoms with Gasteiger partial charge in [-0.3, -0.25) is 4.79 Å². The highest BCUT2D eigenvalue weighted by molar-refractivity contribution is 5.90. The van der Waals surface area contributed by atoms with Gasteiger partial charge in [0.25, 0.3) is 0 Å². The molecule has 128 valence electrons. The van der Waals surface area contributed by atoms with Gasteiger partial charge in [-0.25, -0.2) is 4.79 Å². The lowest BCUT2D eigenvalue weighted by Crippen LogP contribution is -2.51. The predicted molar refractivity (Wildman–Crippen MR) is 88.9 cm³/mol. The van der Waals surface area contributed by atoms with E-state index in [1.807, 2.05) is 0 Å². The number of benzene rings is 1. The zero-order valence-electron chi connectivity index (χ0n) is 14.1. The average molecular weight is 328 g/mol. The van der Waals surface area contributed by atoms with Gasteiger partial charge in [-0.1, -0.05) is 6.07 Å². The number of carbonyl (C=O) groups is 2. The first-order valence-corrected chi connectivity index (χ1v) is 8.92. The van der Waals surface area contributed by atoms with Crippen molar-refractivity contribution in [3.05, 3.63) is 29.8 Å². The summed E-state index contributed by atoms with van der Waals surface area (Å²) in [4.78, 5) is 24.5. The Morgan fingerprint density at radius 3 is 2.29 bits per heavy atom. The van der Waals surface area contributed by atoms with E-state index in [2.05, 4.69) is 0 Å². The standard InChI is InChI=1S/C20H24O4/c1-23-19(22)16-3-2-4-17(8-16)24-12-18(21)20-9-13-5-14(10-20)7-15(6-13)11-20/h2-4,8,13-15H,5-7,9-12H2,1H3. The Morgan fingerprint density at radius 2 is 1.71 bits per heavy atom. The second kappa shape index (κ2) is 5.91. The zero-order valence-corrected chi connectivity index (χ0v) is 14.1. The zero-order chi connectivity index (χ0) is 16.7. The van der Waals surface area contributed by atoms with E-state index in [-0.39, 0.29) is 17.8 Å². The van der Waals surface area contributed by atoms with Crippen LogP contribution in [0.15, 0.2) is 24.3 Å². The van der Waals surface area contributed by atoms with Crippen LogP contribution in [0.5, 0.6) is 5.75 Å². The molecule has 0 heterocycles. The van der Waals surface area contributed by atoms with Crippen molar-refractivity contribution in [3.63, 3.8) is 0 Å². The molecule has 24 heavy (non-hydrogen) atoms. The van der Waals surface area contributed by atoms with E-state index in [0.29, 0.717) is 11.3 Å². The maximum Gasteiger partial charge on any atom is 0.337 e. The van der Waals surface area contributed by atoms with Gasteiger partial charge in [0.2, 0.25) is 0 Å². The molecule has 0 aliphatic heterocycles. The van der Waals surface area contributed by atoms with Gasteiger partial charge in [0.15, 0.2) is 5.78 Å². The van der Waals surface area contributed by atoms with Crippen LogP contribution in [0, 0.1) is 23.2 Å². The smallest absolute Gasteiger partial charge is 0.337 e. The van der Waals surface area contributed by atoms with E-state index in [1.54, 1.807) is 24.3 Å². The number of hydrogen-bond donors (Lipinski definition) is 0. The van der Waals surface area contributed by atoms with E-state index in [0.717, 1.165) is 37.0 Å². The summed E-state index contributed by atoms with van der Waals surface area (Å²) >= 11 is 0. The van der Waals surface area contributed by atoms with Crippen molar-refractivity contribution in [3.8, 4) is 5.75 Å². The van der Waals surface area contributed by atoms with Gasteiger partial charge in [0.05, 0.1) is 12.7 Å². The molecule has 4 nitrogen and oxygen atoms in total. The van der Waals surface area contributed by atoms with Gasteiger partial charge in [-0.15, -0.1) is 0 Å². The van der Waals surface area contributed by atoms with Crippen LogP contribution in [-0.2, 0) is 9.53 Å². The van der Waals surface area contributed by atoms with Crippen LogP contribution < -0.4 is 4.74 Å². The Balaban J connectivity index is 1.43. The third-order valence-electron chi connectivity index (χ3n) is 6.25. The molecule has 0 unspecified atom stereocenters. The summed E-state index contributed by atoms with van der Waals surface area (Å²) in [6.07, 6.45) is 7.16. The number of ketones is 1. The molecule has 0 atom stereocenters. The fraction of sp³-hybridized carbons (Fsp3) is 0.600. The third kappa shape index (κ3) is 2.72. The Kier molecular flexibility index (Phi) is 3.86. The van der Waals surface area contributed by atoms with Crippen molar-refractivity contribution >= 4 is 11.8 Å². The maximum atomic E-state index is 12.9. The van der Waals surface area contributed by atoms with E-state index >= 15 is 0 Å². The van der Waals surface area contributed by atoms with E-state index in [4.69, 9.17) is 9.47 Å². The largest absolute Gasteiger partial charge is 0.486 e. The fourth-order valence-corrected chi connectivity index (χ4v) is 5.58. The average Bonchev–Trinajstić information content (AvgIpc) is 2.58. The van der Waals surface area contributed by atoms with Crippen molar-refractivity contribution in [2.75, 3.05) is 13.7 Å². The molecule has 1 aromatic rings. The maximum absolute atomic E-state index is 12.9. The third-order valence-corrected chi connectivity index (χ3v) is 6.25. The molecule has 4 heteroatoms. The molecule has 4 aliphatic rings. The van der Waals surface area contributed by atoms with Crippen LogP contribution in [0.1, 0.15) is 48.9 Å². The van der Waals surface area contributed by atoms with E-state index in [1.165, 1.54) is 26.4 Å². The molecule has 0 saturated heterocycles. The molecule has 4 bridgehead atoms. The molecular weight excluding hydrogens is 304 g/mol. The Morgan fingerprint density at radius 1 is 1.08 bits per heavy atom. The minimum Gasteiger partial charge on any atom is -0.486 e. The summed E-state index contributed by atoms with van der Waals surface area (Å²) in [6.45, 7) is 0.108. The number of esters is 1. The molecule has 4 fully saturated rings. The highest BCUT2D eigenvalue weighted by atomic mass is 16.5. The molecule has 0 spiro atoms. The monoisotopic (exact) mass is 328 g/mol. The molecule has 5 rings (SSSR count). The summed E-state index contributed by atoms with van der Waals surface area (Å²) in [6, 6.07) is 6.84. The van der Waals surface area contributed by atoms with Crippen molar-refractivity contribution < 1.29 is 19.1 Å². The minimum absolute atomic E-state index is 0.108. The SMILES string of the molecule is COC(=O)c1cccc(OCC(=O)C23CC4CC(CC(C4)C2)C3)c1. The Hall–Kier alpha value is -1.84. The van der Waals surface area contributed by atoms with E-state index < -0.39 is 5.97 Å². The summed E-state index contributed by atoms with van der Waals surface area (Å²) in [5, 5.41) is 0. The number of rotatable bonds is 5. The number of ether oxygens (including phenoxy) is 2. The molecule has 0 aromatic heterocycles.